The molecule has 0 saturated heterocycles. The largest absolute Gasteiger partial charge is 0.356 e. The summed E-state index contributed by atoms with van der Waals surface area (Å²) in [5.41, 5.74) is -0.104. The number of hydrogen-bond acceptors (Lipinski definition) is 3. The standard InChI is InChI=1S/C8H15N3O/c1-8(2,3)12-6-9-7-4-5-10-11-7/h4-5H,6H2,1-3H3,(H2,9,10,11). The Balaban J connectivity index is 2.20. The number of ether oxygens (including phenoxy) is 1. The predicted molar refractivity (Wildman–Crippen MR) is 47.9 cm³/mol. The Bertz CT molecular complexity index is 213. The van der Waals surface area contributed by atoms with Crippen LogP contribution in [0.3, 0.4) is 0 Å². The first kappa shape index (κ1) is 9.06. The van der Waals surface area contributed by atoms with Crippen LogP contribution in [0.4, 0.5) is 5.82 Å². The maximum absolute atomic E-state index is 5.44. The summed E-state index contributed by atoms with van der Waals surface area (Å²) < 4.78 is 5.44. The molecule has 4 heteroatoms. The molecule has 68 valence electrons. The Kier molecular flexibility index (Phi) is 2.70. The van der Waals surface area contributed by atoms with Gasteiger partial charge >= 0.3 is 0 Å². The molecule has 2 N–H and O–H groups in total. The summed E-state index contributed by atoms with van der Waals surface area (Å²) in [6.45, 7) is 6.54. The van der Waals surface area contributed by atoms with Crippen molar-refractivity contribution in [2.24, 2.45) is 0 Å². The van der Waals surface area contributed by atoms with Gasteiger partial charge in [0.1, 0.15) is 12.5 Å². The lowest BCUT2D eigenvalue weighted by atomic mass is 10.2. The van der Waals surface area contributed by atoms with Gasteiger partial charge in [-0.15, -0.1) is 0 Å². The maximum atomic E-state index is 5.44. The van der Waals surface area contributed by atoms with E-state index in [-0.39, 0.29) is 5.60 Å². The molecule has 1 heterocycles. The van der Waals surface area contributed by atoms with Crippen molar-refractivity contribution < 1.29 is 4.74 Å². The fourth-order valence-corrected chi connectivity index (χ4v) is 0.685. The van der Waals surface area contributed by atoms with Crippen LogP contribution in [-0.2, 0) is 4.74 Å². The van der Waals surface area contributed by atoms with Crippen LogP contribution in [0.15, 0.2) is 12.3 Å². The minimum atomic E-state index is -0.104. The number of aromatic nitrogens is 2. The first-order valence-corrected chi connectivity index (χ1v) is 3.95. The van der Waals surface area contributed by atoms with Crippen LogP contribution < -0.4 is 5.32 Å². The number of hydrogen-bond donors (Lipinski definition) is 2. The molecule has 0 radical (unpaired) electrons. The molecular formula is C8H15N3O. The topological polar surface area (TPSA) is 49.9 Å². The van der Waals surface area contributed by atoms with Crippen LogP contribution in [0.2, 0.25) is 0 Å². The molecule has 1 aromatic heterocycles. The zero-order chi connectivity index (χ0) is 9.03. The summed E-state index contributed by atoms with van der Waals surface area (Å²) in [6, 6.07) is 1.85. The lowest BCUT2D eigenvalue weighted by molar-refractivity contribution is 0.00834. The summed E-state index contributed by atoms with van der Waals surface area (Å²) in [6.07, 6.45) is 1.69. The smallest absolute Gasteiger partial charge is 0.123 e. The third-order valence-electron chi connectivity index (χ3n) is 1.27. The van der Waals surface area contributed by atoms with Gasteiger partial charge in [0.2, 0.25) is 0 Å². The van der Waals surface area contributed by atoms with Crippen LogP contribution in [0.25, 0.3) is 0 Å². The number of nitrogens with zero attached hydrogens (tertiary/aromatic N) is 1. The molecule has 0 aliphatic rings. The molecule has 0 aliphatic carbocycles. The van der Waals surface area contributed by atoms with Crippen molar-refractivity contribution >= 4 is 5.82 Å². The highest BCUT2D eigenvalue weighted by Gasteiger charge is 2.08. The summed E-state index contributed by atoms with van der Waals surface area (Å²) in [5, 5.41) is 9.62. The predicted octanol–water partition coefficient (Wildman–Crippen LogP) is 1.59. The first-order chi connectivity index (χ1) is 5.58. The van der Waals surface area contributed by atoms with Crippen molar-refractivity contribution in [1.82, 2.24) is 10.2 Å². The minimum Gasteiger partial charge on any atom is -0.356 e. The highest BCUT2D eigenvalue weighted by atomic mass is 16.5. The average molecular weight is 169 g/mol. The van der Waals surface area contributed by atoms with Gasteiger partial charge in [0.05, 0.1) is 11.8 Å². The fourth-order valence-electron chi connectivity index (χ4n) is 0.685. The molecule has 0 amide bonds. The SMILES string of the molecule is CC(C)(C)OCNc1ccn[nH]1. The average Bonchev–Trinajstić information content (AvgIpc) is 2.36. The van der Waals surface area contributed by atoms with Gasteiger partial charge in [-0.25, -0.2) is 0 Å². The Morgan fingerprint density at radius 1 is 1.58 bits per heavy atom. The molecule has 12 heavy (non-hydrogen) atoms. The van der Waals surface area contributed by atoms with Crippen molar-refractivity contribution in [3.63, 3.8) is 0 Å². The van der Waals surface area contributed by atoms with E-state index in [0.717, 1.165) is 5.82 Å². The molecular weight excluding hydrogens is 154 g/mol. The zero-order valence-electron chi connectivity index (χ0n) is 7.72. The van der Waals surface area contributed by atoms with Crippen LogP contribution in [0.1, 0.15) is 20.8 Å². The molecule has 1 aromatic rings. The van der Waals surface area contributed by atoms with Gasteiger partial charge < -0.3 is 10.1 Å². The van der Waals surface area contributed by atoms with Gasteiger partial charge in [-0.1, -0.05) is 0 Å². The third-order valence-corrected chi connectivity index (χ3v) is 1.27. The van der Waals surface area contributed by atoms with Crippen LogP contribution in [0, 0.1) is 0 Å². The normalized spacial score (nSPS) is 11.6. The second-order valence-electron chi connectivity index (χ2n) is 3.55. The molecule has 0 atom stereocenters. The van der Waals surface area contributed by atoms with E-state index in [4.69, 9.17) is 4.74 Å². The van der Waals surface area contributed by atoms with Gasteiger partial charge in [-0.2, -0.15) is 5.10 Å². The molecule has 4 nitrogen and oxygen atoms in total. The van der Waals surface area contributed by atoms with E-state index in [2.05, 4.69) is 15.5 Å². The fraction of sp³-hybridized carbons (Fsp3) is 0.625. The van der Waals surface area contributed by atoms with Crippen LogP contribution in [0.5, 0.6) is 0 Å². The van der Waals surface area contributed by atoms with Crippen molar-refractivity contribution in [3.05, 3.63) is 12.3 Å². The second kappa shape index (κ2) is 3.58. The first-order valence-electron chi connectivity index (χ1n) is 3.95. The molecule has 1 rings (SSSR count). The molecule has 0 fully saturated rings. The lowest BCUT2D eigenvalue weighted by Crippen LogP contribution is -2.23. The van der Waals surface area contributed by atoms with Gasteiger partial charge in [-0.3, -0.25) is 5.10 Å². The molecule has 0 aromatic carbocycles. The van der Waals surface area contributed by atoms with Gasteiger partial charge in [0, 0.05) is 0 Å². The number of anilines is 1. The van der Waals surface area contributed by atoms with Gasteiger partial charge in [0.15, 0.2) is 0 Å². The molecule has 0 unspecified atom stereocenters. The van der Waals surface area contributed by atoms with E-state index in [1.54, 1.807) is 6.20 Å². The molecule has 0 aliphatic heterocycles. The third kappa shape index (κ3) is 3.39. The monoisotopic (exact) mass is 169 g/mol. The Labute approximate surface area is 72.3 Å². The van der Waals surface area contributed by atoms with Crippen LogP contribution >= 0.6 is 0 Å². The Hall–Kier alpha value is -1.03. The van der Waals surface area contributed by atoms with E-state index in [1.807, 2.05) is 26.8 Å². The van der Waals surface area contributed by atoms with E-state index in [0.29, 0.717) is 6.73 Å². The zero-order valence-corrected chi connectivity index (χ0v) is 7.72. The molecule has 0 saturated carbocycles. The minimum absolute atomic E-state index is 0.104. The van der Waals surface area contributed by atoms with Crippen LogP contribution in [-0.4, -0.2) is 22.5 Å². The van der Waals surface area contributed by atoms with Gasteiger partial charge in [0.25, 0.3) is 0 Å². The highest BCUT2D eigenvalue weighted by molar-refractivity contribution is 5.30. The van der Waals surface area contributed by atoms with E-state index < -0.39 is 0 Å². The Morgan fingerprint density at radius 3 is 2.83 bits per heavy atom. The molecule has 0 bridgehead atoms. The van der Waals surface area contributed by atoms with Crippen molar-refractivity contribution in [1.29, 1.82) is 0 Å². The highest BCUT2D eigenvalue weighted by Crippen LogP contribution is 2.06. The Morgan fingerprint density at radius 2 is 2.33 bits per heavy atom. The van der Waals surface area contributed by atoms with Crippen molar-refractivity contribution in [2.45, 2.75) is 26.4 Å². The maximum Gasteiger partial charge on any atom is 0.123 e. The number of H-pyrrole nitrogens is 1. The number of aromatic amines is 1. The summed E-state index contributed by atoms with van der Waals surface area (Å²) >= 11 is 0. The van der Waals surface area contributed by atoms with Gasteiger partial charge in [-0.05, 0) is 26.8 Å². The van der Waals surface area contributed by atoms with E-state index >= 15 is 0 Å². The second-order valence-corrected chi connectivity index (χ2v) is 3.55. The van der Waals surface area contributed by atoms with Crippen molar-refractivity contribution in [2.75, 3.05) is 12.0 Å². The van der Waals surface area contributed by atoms with E-state index in [9.17, 15) is 0 Å². The summed E-state index contributed by atoms with van der Waals surface area (Å²) in [5.74, 6) is 0.874. The number of nitrogens with one attached hydrogen (secondary N) is 2. The quantitative estimate of drug-likeness (QED) is 0.675. The summed E-state index contributed by atoms with van der Waals surface area (Å²) in [7, 11) is 0. The molecule has 0 spiro atoms. The van der Waals surface area contributed by atoms with Crippen molar-refractivity contribution in [3.8, 4) is 0 Å². The number of rotatable bonds is 3. The van der Waals surface area contributed by atoms with E-state index in [1.165, 1.54) is 0 Å². The summed E-state index contributed by atoms with van der Waals surface area (Å²) in [4.78, 5) is 0. The lowest BCUT2D eigenvalue weighted by Gasteiger charge is -2.19.